The first-order chi connectivity index (χ1) is 9.49. The SMILES string of the molecule is COc1ccc(F)cc1S(=O)(=O)N[C@@H]1C[C@@H]2CC[C@@H]1C2. The lowest BCUT2D eigenvalue weighted by Crippen LogP contribution is -2.38. The average Bonchev–Trinajstić information content (AvgIpc) is 3.00. The predicted molar refractivity (Wildman–Crippen MR) is 72.5 cm³/mol. The Morgan fingerprint density at radius 1 is 1.30 bits per heavy atom. The molecule has 4 nitrogen and oxygen atoms in total. The summed E-state index contributed by atoms with van der Waals surface area (Å²) in [5.41, 5.74) is 0. The van der Waals surface area contributed by atoms with Crippen molar-refractivity contribution in [2.45, 2.75) is 36.6 Å². The van der Waals surface area contributed by atoms with Crippen LogP contribution in [0.2, 0.25) is 0 Å². The van der Waals surface area contributed by atoms with Crippen molar-refractivity contribution in [1.29, 1.82) is 0 Å². The van der Waals surface area contributed by atoms with Gasteiger partial charge in [0.15, 0.2) is 0 Å². The Morgan fingerprint density at radius 3 is 2.70 bits per heavy atom. The third-order valence-corrected chi connectivity index (χ3v) is 5.97. The number of hydrogen-bond donors (Lipinski definition) is 1. The highest BCUT2D eigenvalue weighted by atomic mass is 32.2. The van der Waals surface area contributed by atoms with Gasteiger partial charge in [-0.15, -0.1) is 0 Å². The van der Waals surface area contributed by atoms with Gasteiger partial charge in [0.2, 0.25) is 10.0 Å². The molecule has 2 fully saturated rings. The minimum absolute atomic E-state index is 0.0216. The second-order valence-electron chi connectivity index (χ2n) is 5.70. The molecule has 2 aliphatic rings. The maximum atomic E-state index is 13.3. The number of methoxy groups -OCH3 is 1. The summed E-state index contributed by atoms with van der Waals surface area (Å²) in [5.74, 6) is 0.651. The van der Waals surface area contributed by atoms with E-state index in [-0.39, 0.29) is 16.7 Å². The smallest absolute Gasteiger partial charge is 0.244 e. The molecule has 0 amide bonds. The summed E-state index contributed by atoms with van der Waals surface area (Å²) in [5, 5.41) is 0. The monoisotopic (exact) mass is 299 g/mol. The Kier molecular flexibility index (Phi) is 3.46. The van der Waals surface area contributed by atoms with Crippen molar-refractivity contribution < 1.29 is 17.5 Å². The molecule has 0 spiro atoms. The van der Waals surface area contributed by atoms with Crippen molar-refractivity contribution >= 4 is 10.0 Å². The molecular formula is C14H18FNO3S. The molecule has 1 N–H and O–H groups in total. The van der Waals surface area contributed by atoms with Gasteiger partial charge in [0, 0.05) is 6.04 Å². The highest BCUT2D eigenvalue weighted by molar-refractivity contribution is 7.89. The summed E-state index contributed by atoms with van der Waals surface area (Å²) in [6, 6.07) is 3.51. The molecule has 1 aromatic carbocycles. The van der Waals surface area contributed by atoms with E-state index in [2.05, 4.69) is 4.72 Å². The molecule has 2 aliphatic carbocycles. The number of nitrogens with one attached hydrogen (secondary N) is 1. The first-order valence-corrected chi connectivity index (χ1v) is 8.34. The summed E-state index contributed by atoms with van der Waals surface area (Å²) in [6.45, 7) is 0. The van der Waals surface area contributed by atoms with E-state index in [0.717, 1.165) is 25.3 Å². The van der Waals surface area contributed by atoms with Crippen molar-refractivity contribution in [3.05, 3.63) is 24.0 Å². The summed E-state index contributed by atoms with van der Waals surface area (Å²) in [7, 11) is -2.37. The zero-order valence-electron chi connectivity index (χ0n) is 11.3. The number of fused-ring (bicyclic) bond motifs is 2. The van der Waals surface area contributed by atoms with Crippen LogP contribution in [-0.2, 0) is 10.0 Å². The molecule has 2 saturated carbocycles. The topological polar surface area (TPSA) is 55.4 Å². The second kappa shape index (κ2) is 5.00. The van der Waals surface area contributed by atoms with Crippen LogP contribution in [0.1, 0.15) is 25.7 Å². The van der Waals surface area contributed by atoms with Crippen LogP contribution in [0.25, 0.3) is 0 Å². The molecule has 0 heterocycles. The van der Waals surface area contributed by atoms with Gasteiger partial charge in [-0.3, -0.25) is 0 Å². The van der Waals surface area contributed by atoms with Crippen molar-refractivity contribution in [3.8, 4) is 5.75 Å². The van der Waals surface area contributed by atoms with E-state index in [1.807, 2.05) is 0 Å². The number of sulfonamides is 1. The van der Waals surface area contributed by atoms with Crippen LogP contribution in [0.5, 0.6) is 5.75 Å². The van der Waals surface area contributed by atoms with Crippen molar-refractivity contribution in [3.63, 3.8) is 0 Å². The molecule has 0 aliphatic heterocycles. The maximum Gasteiger partial charge on any atom is 0.244 e. The van der Waals surface area contributed by atoms with E-state index in [4.69, 9.17) is 4.74 Å². The Balaban J connectivity index is 1.86. The molecule has 20 heavy (non-hydrogen) atoms. The molecule has 3 rings (SSSR count). The molecule has 0 saturated heterocycles. The fourth-order valence-electron chi connectivity index (χ4n) is 3.51. The van der Waals surface area contributed by atoms with E-state index in [9.17, 15) is 12.8 Å². The molecule has 6 heteroatoms. The van der Waals surface area contributed by atoms with E-state index >= 15 is 0 Å². The Labute approximate surface area is 118 Å². The first kappa shape index (κ1) is 13.8. The third-order valence-electron chi connectivity index (χ3n) is 4.46. The molecule has 1 aromatic rings. The fourth-order valence-corrected chi connectivity index (χ4v) is 5.01. The van der Waals surface area contributed by atoms with Gasteiger partial charge in [0.1, 0.15) is 16.5 Å². The number of rotatable bonds is 4. The Morgan fingerprint density at radius 2 is 2.10 bits per heavy atom. The zero-order chi connectivity index (χ0) is 14.3. The van der Waals surface area contributed by atoms with E-state index in [1.54, 1.807) is 0 Å². The molecule has 110 valence electrons. The lowest BCUT2D eigenvalue weighted by molar-refractivity contribution is 0.384. The number of hydrogen-bond acceptors (Lipinski definition) is 3. The second-order valence-corrected chi connectivity index (χ2v) is 7.38. The number of benzene rings is 1. The Bertz CT molecular complexity index is 617. The highest BCUT2D eigenvalue weighted by Gasteiger charge is 2.41. The van der Waals surface area contributed by atoms with Gasteiger partial charge in [-0.2, -0.15) is 0 Å². The average molecular weight is 299 g/mol. The van der Waals surface area contributed by atoms with Crippen LogP contribution in [0.15, 0.2) is 23.1 Å². The highest BCUT2D eigenvalue weighted by Crippen LogP contribution is 2.45. The molecule has 2 bridgehead atoms. The Hall–Kier alpha value is -1.14. The van der Waals surface area contributed by atoms with E-state index in [1.165, 1.54) is 25.7 Å². The largest absolute Gasteiger partial charge is 0.495 e. The zero-order valence-corrected chi connectivity index (χ0v) is 12.1. The van der Waals surface area contributed by atoms with E-state index < -0.39 is 15.8 Å². The van der Waals surface area contributed by atoms with Crippen LogP contribution in [0.4, 0.5) is 4.39 Å². The van der Waals surface area contributed by atoms with Crippen molar-refractivity contribution in [2.75, 3.05) is 7.11 Å². The number of ether oxygens (including phenoxy) is 1. The van der Waals surface area contributed by atoms with Gasteiger partial charge in [0.25, 0.3) is 0 Å². The van der Waals surface area contributed by atoms with Crippen molar-refractivity contribution in [1.82, 2.24) is 4.72 Å². The van der Waals surface area contributed by atoms with Gasteiger partial charge < -0.3 is 4.74 Å². The van der Waals surface area contributed by atoms with Crippen LogP contribution >= 0.6 is 0 Å². The minimum Gasteiger partial charge on any atom is -0.495 e. The summed E-state index contributed by atoms with van der Waals surface area (Å²) < 4.78 is 46.0. The van der Waals surface area contributed by atoms with E-state index in [0.29, 0.717) is 11.8 Å². The third kappa shape index (κ3) is 2.42. The molecule has 0 aromatic heterocycles. The fraction of sp³-hybridized carbons (Fsp3) is 0.571. The van der Waals surface area contributed by atoms with Crippen molar-refractivity contribution in [2.24, 2.45) is 11.8 Å². The lowest BCUT2D eigenvalue weighted by Gasteiger charge is -2.23. The summed E-state index contributed by atoms with van der Waals surface area (Å²) in [6.07, 6.45) is 4.28. The summed E-state index contributed by atoms with van der Waals surface area (Å²) >= 11 is 0. The van der Waals surface area contributed by atoms with Gasteiger partial charge in [-0.05, 0) is 49.3 Å². The number of halogens is 1. The summed E-state index contributed by atoms with van der Waals surface area (Å²) in [4.78, 5) is -0.122. The quantitative estimate of drug-likeness (QED) is 0.928. The lowest BCUT2D eigenvalue weighted by atomic mass is 9.96. The minimum atomic E-state index is -3.75. The van der Waals surface area contributed by atoms with Crippen LogP contribution < -0.4 is 9.46 Å². The molecule has 0 unspecified atom stereocenters. The van der Waals surface area contributed by atoms with Gasteiger partial charge in [-0.25, -0.2) is 17.5 Å². The first-order valence-electron chi connectivity index (χ1n) is 6.85. The normalized spacial score (nSPS) is 28.8. The predicted octanol–water partition coefficient (Wildman–Crippen LogP) is 2.30. The van der Waals surface area contributed by atoms with Gasteiger partial charge >= 0.3 is 0 Å². The van der Waals surface area contributed by atoms with Gasteiger partial charge in [-0.1, -0.05) is 6.42 Å². The van der Waals surface area contributed by atoms with Gasteiger partial charge in [0.05, 0.1) is 7.11 Å². The van der Waals surface area contributed by atoms with Crippen LogP contribution in [0.3, 0.4) is 0 Å². The maximum absolute atomic E-state index is 13.3. The molecular weight excluding hydrogens is 281 g/mol. The van der Waals surface area contributed by atoms with Crippen LogP contribution in [-0.4, -0.2) is 21.6 Å². The standard InChI is InChI=1S/C14H18FNO3S/c1-19-13-5-4-11(15)8-14(13)20(17,18)16-12-7-9-2-3-10(12)6-9/h4-5,8-10,12,16H,2-3,6-7H2,1H3/t9-,10-,12-/m1/s1. The molecule has 3 atom stereocenters. The van der Waals surface area contributed by atoms with Crippen LogP contribution in [0, 0.1) is 17.7 Å². The molecule has 0 radical (unpaired) electrons.